The van der Waals surface area contributed by atoms with Crippen LogP contribution in [-0.4, -0.2) is 29.1 Å². The fraction of sp³-hybridized carbons (Fsp3) is 0.389. The number of nitriles is 1. The number of hydrogen-bond donors (Lipinski definition) is 1. The van der Waals surface area contributed by atoms with E-state index >= 15 is 0 Å². The summed E-state index contributed by atoms with van der Waals surface area (Å²) in [5.41, 5.74) is 2.46. The van der Waals surface area contributed by atoms with Crippen LogP contribution in [0.5, 0.6) is 0 Å². The highest BCUT2D eigenvalue weighted by Crippen LogP contribution is 2.20. The second kappa shape index (κ2) is 6.66. The summed E-state index contributed by atoms with van der Waals surface area (Å²) in [6.45, 7) is 5.88. The number of aryl methyl sites for hydroxylation is 2. The standard InChI is InChI=1S/C18H21N5/c1-13-6-7-17(22-16(13)12-19)21-15-8-10-23(11-9-15)18-5-3-4-14(2)20-18/h3-7,15H,8-11H2,1-2H3,(H,21,22). The van der Waals surface area contributed by atoms with Crippen LogP contribution in [-0.2, 0) is 0 Å². The van der Waals surface area contributed by atoms with Gasteiger partial charge in [0.05, 0.1) is 0 Å². The molecule has 0 amide bonds. The van der Waals surface area contributed by atoms with Crippen molar-refractivity contribution in [3.05, 3.63) is 47.3 Å². The van der Waals surface area contributed by atoms with Crippen LogP contribution < -0.4 is 10.2 Å². The van der Waals surface area contributed by atoms with E-state index in [1.165, 1.54) is 0 Å². The van der Waals surface area contributed by atoms with E-state index in [0.29, 0.717) is 11.7 Å². The highest BCUT2D eigenvalue weighted by atomic mass is 15.2. The van der Waals surface area contributed by atoms with Crippen molar-refractivity contribution in [2.45, 2.75) is 32.7 Å². The molecule has 1 aliphatic rings. The van der Waals surface area contributed by atoms with Crippen LogP contribution in [0.15, 0.2) is 30.3 Å². The number of rotatable bonds is 3. The molecule has 0 bridgehead atoms. The maximum absolute atomic E-state index is 9.08. The van der Waals surface area contributed by atoms with Gasteiger partial charge in [-0.3, -0.25) is 0 Å². The van der Waals surface area contributed by atoms with Gasteiger partial charge in [0.2, 0.25) is 0 Å². The zero-order valence-corrected chi connectivity index (χ0v) is 13.6. The minimum Gasteiger partial charge on any atom is -0.367 e. The molecule has 0 aromatic carbocycles. The number of piperidine rings is 1. The first-order valence-electron chi connectivity index (χ1n) is 7.98. The molecule has 1 fully saturated rings. The maximum atomic E-state index is 9.08. The van der Waals surface area contributed by atoms with Gasteiger partial charge in [-0.15, -0.1) is 0 Å². The van der Waals surface area contributed by atoms with Gasteiger partial charge in [-0.2, -0.15) is 5.26 Å². The molecule has 2 aromatic rings. The fourth-order valence-corrected chi connectivity index (χ4v) is 2.89. The van der Waals surface area contributed by atoms with Gasteiger partial charge in [-0.25, -0.2) is 9.97 Å². The first-order valence-corrected chi connectivity index (χ1v) is 7.98. The topological polar surface area (TPSA) is 64.8 Å². The molecule has 2 aromatic heterocycles. The molecule has 0 unspecified atom stereocenters. The molecule has 1 saturated heterocycles. The van der Waals surface area contributed by atoms with E-state index < -0.39 is 0 Å². The number of aromatic nitrogens is 2. The van der Waals surface area contributed by atoms with Gasteiger partial charge in [-0.05, 0) is 50.5 Å². The lowest BCUT2D eigenvalue weighted by Crippen LogP contribution is -2.39. The van der Waals surface area contributed by atoms with Crippen LogP contribution in [0, 0.1) is 25.2 Å². The number of hydrogen-bond acceptors (Lipinski definition) is 5. The normalized spacial score (nSPS) is 15.3. The van der Waals surface area contributed by atoms with Crippen molar-refractivity contribution in [1.82, 2.24) is 9.97 Å². The summed E-state index contributed by atoms with van der Waals surface area (Å²) in [4.78, 5) is 11.3. The zero-order valence-electron chi connectivity index (χ0n) is 13.6. The van der Waals surface area contributed by atoms with Gasteiger partial charge >= 0.3 is 0 Å². The van der Waals surface area contributed by atoms with Gasteiger partial charge in [0.25, 0.3) is 0 Å². The Morgan fingerprint density at radius 3 is 2.61 bits per heavy atom. The number of pyridine rings is 2. The Bertz CT molecular complexity index is 726. The smallest absolute Gasteiger partial charge is 0.145 e. The minimum absolute atomic E-state index is 0.387. The number of nitrogens with one attached hydrogen (secondary N) is 1. The summed E-state index contributed by atoms with van der Waals surface area (Å²) >= 11 is 0. The van der Waals surface area contributed by atoms with E-state index in [1.807, 2.05) is 32.0 Å². The van der Waals surface area contributed by atoms with Crippen LogP contribution in [0.25, 0.3) is 0 Å². The van der Waals surface area contributed by atoms with Crippen molar-refractivity contribution < 1.29 is 0 Å². The van der Waals surface area contributed by atoms with Crippen LogP contribution in [0.3, 0.4) is 0 Å². The van der Waals surface area contributed by atoms with Crippen molar-refractivity contribution in [2.75, 3.05) is 23.3 Å². The number of nitrogens with zero attached hydrogens (tertiary/aromatic N) is 4. The Morgan fingerprint density at radius 1 is 1.13 bits per heavy atom. The molecule has 0 radical (unpaired) electrons. The molecule has 1 aliphatic heterocycles. The van der Waals surface area contributed by atoms with Gasteiger partial charge in [-0.1, -0.05) is 12.1 Å². The zero-order chi connectivity index (χ0) is 16.2. The average molecular weight is 307 g/mol. The molecule has 3 rings (SSSR count). The van der Waals surface area contributed by atoms with Crippen LogP contribution >= 0.6 is 0 Å². The second-order valence-corrected chi connectivity index (χ2v) is 6.02. The van der Waals surface area contributed by atoms with Crippen molar-refractivity contribution in [3.63, 3.8) is 0 Å². The molecule has 0 atom stereocenters. The molecule has 1 N–H and O–H groups in total. The third-order valence-electron chi connectivity index (χ3n) is 4.25. The SMILES string of the molecule is Cc1cccc(N2CCC(Nc3ccc(C)c(C#N)n3)CC2)n1. The van der Waals surface area contributed by atoms with E-state index in [2.05, 4.69) is 38.4 Å². The summed E-state index contributed by atoms with van der Waals surface area (Å²) < 4.78 is 0. The van der Waals surface area contributed by atoms with Gasteiger partial charge in [0.1, 0.15) is 23.4 Å². The first-order chi connectivity index (χ1) is 11.2. The molecule has 3 heterocycles. The second-order valence-electron chi connectivity index (χ2n) is 6.02. The predicted molar refractivity (Wildman–Crippen MR) is 91.5 cm³/mol. The van der Waals surface area contributed by atoms with Crippen molar-refractivity contribution >= 4 is 11.6 Å². The summed E-state index contributed by atoms with van der Waals surface area (Å²) in [5.74, 6) is 1.85. The first kappa shape index (κ1) is 15.3. The largest absolute Gasteiger partial charge is 0.367 e. The predicted octanol–water partition coefficient (Wildman–Crippen LogP) is 3.05. The summed E-state index contributed by atoms with van der Waals surface area (Å²) in [6, 6.07) is 12.6. The highest BCUT2D eigenvalue weighted by Gasteiger charge is 2.20. The minimum atomic E-state index is 0.387. The highest BCUT2D eigenvalue weighted by molar-refractivity contribution is 5.44. The van der Waals surface area contributed by atoms with Crippen LogP contribution in [0.4, 0.5) is 11.6 Å². The Balaban J connectivity index is 1.60. The Hall–Kier alpha value is -2.61. The average Bonchev–Trinajstić information content (AvgIpc) is 2.57. The van der Waals surface area contributed by atoms with Gasteiger partial charge in [0, 0.05) is 24.8 Å². The lowest BCUT2D eigenvalue weighted by molar-refractivity contribution is 0.522. The Labute approximate surface area is 137 Å². The quantitative estimate of drug-likeness (QED) is 0.944. The molecular weight excluding hydrogens is 286 g/mol. The molecule has 23 heavy (non-hydrogen) atoms. The Kier molecular flexibility index (Phi) is 4.42. The Morgan fingerprint density at radius 2 is 1.91 bits per heavy atom. The van der Waals surface area contributed by atoms with E-state index in [1.54, 1.807) is 0 Å². The van der Waals surface area contributed by atoms with E-state index in [4.69, 9.17) is 5.26 Å². The van der Waals surface area contributed by atoms with Gasteiger partial charge in [0.15, 0.2) is 0 Å². The maximum Gasteiger partial charge on any atom is 0.145 e. The fourth-order valence-electron chi connectivity index (χ4n) is 2.89. The lowest BCUT2D eigenvalue weighted by atomic mass is 10.0. The third-order valence-corrected chi connectivity index (χ3v) is 4.25. The van der Waals surface area contributed by atoms with Crippen molar-refractivity contribution in [2.24, 2.45) is 0 Å². The van der Waals surface area contributed by atoms with Crippen molar-refractivity contribution in [1.29, 1.82) is 5.26 Å². The van der Waals surface area contributed by atoms with Gasteiger partial charge < -0.3 is 10.2 Å². The molecule has 5 heteroatoms. The number of anilines is 2. The molecule has 118 valence electrons. The summed E-state index contributed by atoms with van der Waals surface area (Å²) in [6.07, 6.45) is 2.07. The monoisotopic (exact) mass is 307 g/mol. The van der Waals surface area contributed by atoms with Crippen LogP contribution in [0.2, 0.25) is 0 Å². The molecule has 5 nitrogen and oxygen atoms in total. The van der Waals surface area contributed by atoms with E-state index in [9.17, 15) is 0 Å². The summed E-state index contributed by atoms with van der Waals surface area (Å²) in [7, 11) is 0. The van der Waals surface area contributed by atoms with Crippen LogP contribution in [0.1, 0.15) is 29.8 Å². The molecular formula is C18H21N5. The summed E-state index contributed by atoms with van der Waals surface area (Å²) in [5, 5.41) is 12.5. The lowest BCUT2D eigenvalue weighted by Gasteiger charge is -2.33. The van der Waals surface area contributed by atoms with E-state index in [-0.39, 0.29) is 0 Å². The molecule has 0 saturated carbocycles. The third kappa shape index (κ3) is 3.59. The molecule has 0 spiro atoms. The van der Waals surface area contributed by atoms with E-state index in [0.717, 1.165) is 48.8 Å². The molecule has 0 aliphatic carbocycles. The van der Waals surface area contributed by atoms with Crippen molar-refractivity contribution in [3.8, 4) is 6.07 Å².